The van der Waals surface area contributed by atoms with Crippen LogP contribution in [0.4, 0.5) is 10.1 Å². The number of carbonyl (C=O) groups excluding carboxylic acids is 2. The summed E-state index contributed by atoms with van der Waals surface area (Å²) in [5, 5.41) is 13.6. The topological polar surface area (TPSA) is 69.2 Å². The molecule has 1 aliphatic carbocycles. The summed E-state index contributed by atoms with van der Waals surface area (Å²) in [5.41, 5.74) is 0.340. The second-order valence-electron chi connectivity index (χ2n) is 4.82. The molecule has 1 saturated carbocycles. The molecule has 19 heavy (non-hydrogen) atoms. The van der Waals surface area contributed by atoms with E-state index in [-0.39, 0.29) is 5.91 Å². The van der Waals surface area contributed by atoms with E-state index in [2.05, 4.69) is 5.32 Å². The highest BCUT2D eigenvalue weighted by Crippen LogP contribution is 2.30. The minimum absolute atomic E-state index is 0.340. The van der Waals surface area contributed by atoms with E-state index < -0.39 is 23.6 Å². The molecule has 0 aliphatic heterocycles. The van der Waals surface area contributed by atoms with Crippen molar-refractivity contribution in [1.82, 2.24) is 0 Å². The normalized spacial score (nSPS) is 22.8. The maximum atomic E-state index is 13.0. The van der Waals surface area contributed by atoms with Crippen LogP contribution in [-0.2, 0) is 9.59 Å². The van der Waals surface area contributed by atoms with Gasteiger partial charge < -0.3 is 15.2 Å². The van der Waals surface area contributed by atoms with Gasteiger partial charge in [-0.25, -0.2) is 4.39 Å². The molecule has 2 rings (SSSR count). The average molecular weight is 264 g/mol. The minimum atomic E-state index is -1.18. The molecule has 0 aromatic heterocycles. The van der Waals surface area contributed by atoms with Crippen LogP contribution in [0.1, 0.15) is 25.7 Å². The molecule has 0 radical (unpaired) electrons. The van der Waals surface area contributed by atoms with Gasteiger partial charge in [0.05, 0.1) is 0 Å². The van der Waals surface area contributed by atoms with E-state index >= 15 is 0 Å². The van der Waals surface area contributed by atoms with Crippen LogP contribution in [0.3, 0.4) is 0 Å². The molecule has 1 aromatic carbocycles. The van der Waals surface area contributed by atoms with Gasteiger partial charge in [-0.1, -0.05) is 18.9 Å². The van der Waals surface area contributed by atoms with Crippen molar-refractivity contribution in [2.75, 3.05) is 5.32 Å². The summed E-state index contributed by atoms with van der Waals surface area (Å²) in [4.78, 5) is 23.1. The van der Waals surface area contributed by atoms with E-state index in [1.54, 1.807) is 6.07 Å². The number of carboxylic acid groups (broad SMARTS) is 1. The molecule has 0 spiro atoms. The number of rotatable bonds is 3. The van der Waals surface area contributed by atoms with Gasteiger partial charge in [-0.05, 0) is 31.0 Å². The Balaban J connectivity index is 2.07. The summed E-state index contributed by atoms with van der Waals surface area (Å²) in [7, 11) is 0. The standard InChI is InChI=1S/C14H16FNO3/c15-9-4-3-5-10(8-9)16-13(17)11-6-1-2-7-12(11)14(18)19/h3-5,8,11-12H,1-2,6-7H2,(H,16,17)(H,18,19)/p-1/t11-,12-/m1/s1. The summed E-state index contributed by atoms with van der Waals surface area (Å²) in [6.45, 7) is 0. The van der Waals surface area contributed by atoms with Gasteiger partial charge in [-0.3, -0.25) is 4.79 Å². The van der Waals surface area contributed by atoms with E-state index in [1.807, 2.05) is 0 Å². The highest BCUT2D eigenvalue weighted by molar-refractivity contribution is 5.94. The molecule has 1 N–H and O–H groups in total. The smallest absolute Gasteiger partial charge is 0.228 e. The van der Waals surface area contributed by atoms with Gasteiger partial charge in [0.2, 0.25) is 5.91 Å². The second-order valence-corrected chi connectivity index (χ2v) is 4.82. The number of benzene rings is 1. The quantitative estimate of drug-likeness (QED) is 0.895. The second kappa shape index (κ2) is 5.82. The number of hydrogen-bond acceptors (Lipinski definition) is 3. The van der Waals surface area contributed by atoms with E-state index in [9.17, 15) is 19.1 Å². The lowest BCUT2D eigenvalue weighted by Gasteiger charge is -2.31. The van der Waals surface area contributed by atoms with E-state index in [0.29, 0.717) is 18.5 Å². The predicted octanol–water partition coefficient (Wildman–Crippen LogP) is 1.32. The SMILES string of the molecule is O=C([O-])[C@@H]1CCCC[C@H]1C(=O)Nc1cccc(F)c1. The molecule has 0 unspecified atom stereocenters. The van der Waals surface area contributed by atoms with E-state index in [4.69, 9.17) is 0 Å². The number of carbonyl (C=O) groups is 2. The van der Waals surface area contributed by atoms with Gasteiger partial charge in [-0.2, -0.15) is 0 Å². The highest BCUT2D eigenvalue weighted by atomic mass is 19.1. The first-order valence-corrected chi connectivity index (χ1v) is 6.35. The fourth-order valence-corrected chi connectivity index (χ4v) is 2.53. The van der Waals surface area contributed by atoms with Gasteiger partial charge in [0.25, 0.3) is 0 Å². The minimum Gasteiger partial charge on any atom is -0.550 e. The van der Waals surface area contributed by atoms with Crippen molar-refractivity contribution in [3.63, 3.8) is 0 Å². The van der Waals surface area contributed by atoms with Gasteiger partial charge in [0.1, 0.15) is 5.82 Å². The zero-order valence-electron chi connectivity index (χ0n) is 10.4. The van der Waals surface area contributed by atoms with Crippen LogP contribution in [-0.4, -0.2) is 11.9 Å². The Morgan fingerprint density at radius 2 is 1.89 bits per heavy atom. The molecule has 1 aliphatic rings. The molecule has 2 atom stereocenters. The monoisotopic (exact) mass is 264 g/mol. The Bertz CT molecular complexity index is 489. The van der Waals surface area contributed by atoms with Crippen LogP contribution in [0.15, 0.2) is 24.3 Å². The zero-order chi connectivity index (χ0) is 13.8. The Morgan fingerprint density at radius 1 is 1.21 bits per heavy atom. The molecule has 1 fully saturated rings. The van der Waals surface area contributed by atoms with Crippen molar-refractivity contribution in [3.8, 4) is 0 Å². The van der Waals surface area contributed by atoms with Gasteiger partial charge >= 0.3 is 0 Å². The Morgan fingerprint density at radius 3 is 2.53 bits per heavy atom. The third kappa shape index (κ3) is 3.30. The number of aliphatic carboxylic acids is 1. The maximum Gasteiger partial charge on any atom is 0.228 e. The van der Waals surface area contributed by atoms with Crippen molar-refractivity contribution in [2.45, 2.75) is 25.7 Å². The number of hydrogen-bond donors (Lipinski definition) is 1. The summed E-state index contributed by atoms with van der Waals surface area (Å²) >= 11 is 0. The Kier molecular flexibility index (Phi) is 4.14. The molecule has 5 heteroatoms. The zero-order valence-corrected chi connectivity index (χ0v) is 10.4. The van der Waals surface area contributed by atoms with Crippen molar-refractivity contribution in [2.24, 2.45) is 11.8 Å². The number of nitrogens with one attached hydrogen (secondary N) is 1. The molecule has 0 saturated heterocycles. The largest absolute Gasteiger partial charge is 0.550 e. The van der Waals surface area contributed by atoms with E-state index in [0.717, 1.165) is 12.8 Å². The lowest BCUT2D eigenvalue weighted by molar-refractivity contribution is -0.313. The molecule has 0 heterocycles. The molecule has 1 amide bonds. The summed E-state index contributed by atoms with van der Waals surface area (Å²) in [5.74, 6) is -3.35. The lowest BCUT2D eigenvalue weighted by Crippen LogP contribution is -2.42. The molecule has 1 aromatic rings. The third-order valence-corrected chi connectivity index (χ3v) is 3.50. The van der Waals surface area contributed by atoms with Crippen molar-refractivity contribution >= 4 is 17.6 Å². The first kappa shape index (κ1) is 13.5. The maximum absolute atomic E-state index is 13.0. The molecule has 4 nitrogen and oxygen atoms in total. The van der Waals surface area contributed by atoms with Gasteiger partial charge in [-0.15, -0.1) is 0 Å². The van der Waals surface area contributed by atoms with Crippen LogP contribution in [0, 0.1) is 17.7 Å². The number of anilines is 1. The summed E-state index contributed by atoms with van der Waals surface area (Å²) < 4.78 is 13.0. The number of amides is 1. The van der Waals surface area contributed by atoms with Crippen molar-refractivity contribution in [3.05, 3.63) is 30.1 Å². The van der Waals surface area contributed by atoms with Crippen LogP contribution in [0.25, 0.3) is 0 Å². The van der Waals surface area contributed by atoms with Crippen LogP contribution >= 0.6 is 0 Å². The average Bonchev–Trinajstić information content (AvgIpc) is 2.38. The fourth-order valence-electron chi connectivity index (χ4n) is 2.53. The highest BCUT2D eigenvalue weighted by Gasteiger charge is 2.31. The van der Waals surface area contributed by atoms with Crippen molar-refractivity contribution in [1.29, 1.82) is 0 Å². The number of carboxylic acids is 1. The summed E-state index contributed by atoms with van der Waals surface area (Å²) in [6.07, 6.45) is 2.61. The molecule has 102 valence electrons. The van der Waals surface area contributed by atoms with Crippen LogP contribution < -0.4 is 10.4 Å². The van der Waals surface area contributed by atoms with Gasteiger partial charge in [0, 0.05) is 23.5 Å². The summed E-state index contributed by atoms with van der Waals surface area (Å²) in [6, 6.07) is 5.54. The third-order valence-electron chi connectivity index (χ3n) is 3.50. The predicted molar refractivity (Wildman–Crippen MR) is 65.5 cm³/mol. The number of halogens is 1. The van der Waals surface area contributed by atoms with Gasteiger partial charge in [0.15, 0.2) is 0 Å². The first-order valence-electron chi connectivity index (χ1n) is 6.35. The fraction of sp³-hybridized carbons (Fsp3) is 0.429. The molecular formula is C14H15FNO3-. The van der Waals surface area contributed by atoms with E-state index in [1.165, 1.54) is 18.2 Å². The Hall–Kier alpha value is -1.91. The first-order chi connectivity index (χ1) is 9.08. The van der Waals surface area contributed by atoms with Crippen LogP contribution in [0.2, 0.25) is 0 Å². The Labute approximate surface area is 110 Å². The van der Waals surface area contributed by atoms with Crippen molar-refractivity contribution < 1.29 is 19.1 Å². The lowest BCUT2D eigenvalue weighted by atomic mass is 9.78. The van der Waals surface area contributed by atoms with Crippen LogP contribution in [0.5, 0.6) is 0 Å². The molecular weight excluding hydrogens is 249 g/mol. The molecule has 0 bridgehead atoms.